The normalized spacial score (nSPS) is 14.0. The first kappa shape index (κ1) is 15.3. The van der Waals surface area contributed by atoms with E-state index in [1.54, 1.807) is 6.07 Å². The van der Waals surface area contributed by atoms with Crippen LogP contribution in [0.1, 0.15) is 13.8 Å². The van der Waals surface area contributed by atoms with Crippen molar-refractivity contribution in [1.29, 1.82) is 0 Å². The molecule has 0 heterocycles. The number of benzene rings is 1. The van der Waals surface area contributed by atoms with E-state index in [2.05, 4.69) is 5.32 Å². The average Bonchev–Trinajstić information content (AvgIpc) is 2.36. The summed E-state index contributed by atoms with van der Waals surface area (Å²) in [5.74, 6) is 0.332. The van der Waals surface area contributed by atoms with E-state index < -0.39 is 0 Å². The maximum Gasteiger partial charge on any atom is 0.230 e. The topological polar surface area (TPSA) is 49.3 Å². The molecule has 0 aromatic heterocycles. The largest absolute Gasteiger partial charge is 0.396 e. The van der Waals surface area contributed by atoms with Crippen LogP contribution in [0, 0.1) is 5.92 Å². The third-order valence-electron chi connectivity index (χ3n) is 2.73. The Morgan fingerprint density at radius 1 is 1.44 bits per heavy atom. The van der Waals surface area contributed by atoms with Crippen LogP contribution < -0.4 is 5.32 Å². The van der Waals surface area contributed by atoms with Gasteiger partial charge in [0.25, 0.3) is 0 Å². The monoisotopic (exact) mass is 287 g/mol. The molecule has 3 nitrogen and oxygen atoms in total. The van der Waals surface area contributed by atoms with Crippen molar-refractivity contribution in [3.8, 4) is 0 Å². The number of amides is 1. The van der Waals surface area contributed by atoms with Crippen molar-refractivity contribution in [3.05, 3.63) is 29.3 Å². The van der Waals surface area contributed by atoms with Crippen molar-refractivity contribution in [3.63, 3.8) is 0 Å². The molecular formula is C13H18ClNO2S. The summed E-state index contributed by atoms with van der Waals surface area (Å²) in [6, 6.07) is 7.41. The number of rotatable bonds is 6. The number of hydrogen-bond donors (Lipinski definition) is 2. The first-order valence-electron chi connectivity index (χ1n) is 5.82. The van der Waals surface area contributed by atoms with E-state index in [1.165, 1.54) is 11.8 Å². The van der Waals surface area contributed by atoms with Crippen molar-refractivity contribution in [2.75, 3.05) is 12.4 Å². The van der Waals surface area contributed by atoms with Crippen LogP contribution in [0.15, 0.2) is 29.2 Å². The highest BCUT2D eigenvalue weighted by Crippen LogP contribution is 2.26. The molecule has 1 aromatic carbocycles. The molecule has 0 spiro atoms. The highest BCUT2D eigenvalue weighted by Gasteiger charge is 2.14. The van der Waals surface area contributed by atoms with Gasteiger partial charge in [-0.3, -0.25) is 4.79 Å². The van der Waals surface area contributed by atoms with Crippen LogP contribution >= 0.6 is 23.4 Å². The van der Waals surface area contributed by atoms with Crippen LogP contribution in [-0.2, 0) is 4.79 Å². The first-order chi connectivity index (χ1) is 8.54. The summed E-state index contributed by atoms with van der Waals surface area (Å²) in [5, 5.41) is 12.5. The van der Waals surface area contributed by atoms with Gasteiger partial charge in [-0.05, 0) is 25.0 Å². The Balaban J connectivity index is 2.40. The number of aliphatic hydroxyl groups is 1. The van der Waals surface area contributed by atoms with Crippen LogP contribution in [0.2, 0.25) is 5.02 Å². The molecule has 0 saturated heterocycles. The minimum atomic E-state index is -0.0484. The van der Waals surface area contributed by atoms with Crippen LogP contribution in [-0.4, -0.2) is 29.4 Å². The van der Waals surface area contributed by atoms with Crippen LogP contribution in [0.5, 0.6) is 0 Å². The zero-order valence-corrected chi connectivity index (χ0v) is 12.1. The first-order valence-corrected chi connectivity index (χ1v) is 7.18. The van der Waals surface area contributed by atoms with Crippen molar-refractivity contribution >= 4 is 29.3 Å². The molecule has 0 aliphatic rings. The van der Waals surface area contributed by atoms with Gasteiger partial charge in [0.05, 0.1) is 10.8 Å². The van der Waals surface area contributed by atoms with Gasteiger partial charge in [0.15, 0.2) is 0 Å². The Morgan fingerprint density at radius 2 is 2.11 bits per heavy atom. The summed E-state index contributed by atoms with van der Waals surface area (Å²) < 4.78 is 0. The molecule has 0 fully saturated rings. The van der Waals surface area contributed by atoms with Crippen LogP contribution in [0.25, 0.3) is 0 Å². The molecule has 0 aliphatic carbocycles. The smallest absolute Gasteiger partial charge is 0.230 e. The Hall–Kier alpha value is -0.710. The Morgan fingerprint density at radius 3 is 2.72 bits per heavy atom. The molecule has 0 radical (unpaired) electrons. The Bertz CT molecular complexity index is 400. The van der Waals surface area contributed by atoms with Crippen molar-refractivity contribution in [2.24, 2.45) is 5.92 Å². The number of hydrogen-bond acceptors (Lipinski definition) is 3. The third-order valence-corrected chi connectivity index (χ3v) is 4.24. The molecule has 5 heteroatoms. The maximum atomic E-state index is 11.7. The number of aliphatic hydroxyl groups excluding tert-OH is 1. The van der Waals surface area contributed by atoms with E-state index in [9.17, 15) is 4.79 Å². The summed E-state index contributed by atoms with van der Waals surface area (Å²) in [6.45, 7) is 3.85. The van der Waals surface area contributed by atoms with E-state index in [-0.39, 0.29) is 24.5 Å². The summed E-state index contributed by atoms with van der Waals surface area (Å²) in [6.07, 6.45) is 0. The second kappa shape index (κ2) is 7.67. The van der Waals surface area contributed by atoms with E-state index in [1.807, 2.05) is 32.0 Å². The standard InChI is InChI=1S/C13H18ClNO2S/c1-9(7-16)10(2)15-13(17)8-18-12-6-4-3-5-11(12)14/h3-6,9-10,16H,7-8H2,1-2H3,(H,15,17). The Labute approximate surface area is 117 Å². The van der Waals surface area contributed by atoms with Crippen molar-refractivity contribution < 1.29 is 9.90 Å². The highest BCUT2D eigenvalue weighted by molar-refractivity contribution is 8.00. The minimum absolute atomic E-state index is 0.0330. The molecule has 2 unspecified atom stereocenters. The quantitative estimate of drug-likeness (QED) is 0.791. The lowest BCUT2D eigenvalue weighted by Crippen LogP contribution is -2.39. The molecular weight excluding hydrogens is 270 g/mol. The maximum absolute atomic E-state index is 11.7. The summed E-state index contributed by atoms with van der Waals surface area (Å²) in [5.41, 5.74) is 0. The minimum Gasteiger partial charge on any atom is -0.396 e. The molecule has 0 aliphatic heterocycles. The molecule has 0 bridgehead atoms. The molecule has 0 saturated carbocycles. The van der Waals surface area contributed by atoms with Crippen molar-refractivity contribution in [1.82, 2.24) is 5.32 Å². The van der Waals surface area contributed by atoms with Gasteiger partial charge in [0, 0.05) is 17.5 Å². The molecule has 1 aromatic rings. The van der Waals surface area contributed by atoms with Gasteiger partial charge in [0.2, 0.25) is 5.91 Å². The van der Waals surface area contributed by atoms with Gasteiger partial charge in [-0.1, -0.05) is 30.7 Å². The number of halogens is 1. The molecule has 1 rings (SSSR count). The zero-order valence-electron chi connectivity index (χ0n) is 10.5. The predicted octanol–water partition coefficient (Wildman–Crippen LogP) is 2.57. The fourth-order valence-corrected chi connectivity index (χ4v) is 2.35. The van der Waals surface area contributed by atoms with E-state index >= 15 is 0 Å². The van der Waals surface area contributed by atoms with Gasteiger partial charge < -0.3 is 10.4 Å². The second-order valence-corrected chi connectivity index (χ2v) is 5.66. The molecule has 2 N–H and O–H groups in total. The van der Waals surface area contributed by atoms with Crippen LogP contribution in [0.3, 0.4) is 0 Å². The van der Waals surface area contributed by atoms with E-state index in [0.717, 1.165) is 4.90 Å². The lowest BCUT2D eigenvalue weighted by molar-refractivity contribution is -0.119. The molecule has 2 atom stereocenters. The predicted molar refractivity (Wildman–Crippen MR) is 76.0 cm³/mol. The second-order valence-electron chi connectivity index (χ2n) is 4.24. The number of thioether (sulfide) groups is 1. The summed E-state index contributed by atoms with van der Waals surface area (Å²) in [4.78, 5) is 12.6. The van der Waals surface area contributed by atoms with Crippen LogP contribution in [0.4, 0.5) is 0 Å². The third kappa shape index (κ3) is 4.88. The zero-order chi connectivity index (χ0) is 13.5. The summed E-state index contributed by atoms with van der Waals surface area (Å²) >= 11 is 7.41. The van der Waals surface area contributed by atoms with Gasteiger partial charge in [-0.15, -0.1) is 11.8 Å². The fourth-order valence-electron chi connectivity index (χ4n) is 1.30. The van der Waals surface area contributed by atoms with Gasteiger partial charge in [-0.2, -0.15) is 0 Å². The number of carbonyl (C=O) groups is 1. The number of carbonyl (C=O) groups excluding carboxylic acids is 1. The van der Waals surface area contributed by atoms with E-state index in [4.69, 9.17) is 16.7 Å². The Kier molecular flexibility index (Phi) is 6.54. The van der Waals surface area contributed by atoms with Gasteiger partial charge in [0.1, 0.15) is 0 Å². The lowest BCUT2D eigenvalue weighted by atomic mass is 10.1. The number of nitrogens with one attached hydrogen (secondary N) is 1. The lowest BCUT2D eigenvalue weighted by Gasteiger charge is -2.19. The van der Waals surface area contributed by atoms with Gasteiger partial charge in [-0.25, -0.2) is 0 Å². The SMILES string of the molecule is CC(CO)C(C)NC(=O)CSc1ccccc1Cl. The molecule has 1 amide bonds. The fraction of sp³-hybridized carbons (Fsp3) is 0.462. The average molecular weight is 288 g/mol. The molecule has 100 valence electrons. The van der Waals surface area contributed by atoms with Crippen molar-refractivity contribution in [2.45, 2.75) is 24.8 Å². The summed E-state index contributed by atoms with van der Waals surface area (Å²) in [7, 11) is 0. The van der Waals surface area contributed by atoms with E-state index in [0.29, 0.717) is 10.8 Å². The highest BCUT2D eigenvalue weighted by atomic mass is 35.5. The van der Waals surface area contributed by atoms with Gasteiger partial charge >= 0.3 is 0 Å². The molecule has 18 heavy (non-hydrogen) atoms.